The van der Waals surface area contributed by atoms with Crippen molar-refractivity contribution in [1.82, 2.24) is 19.9 Å². The maximum atomic E-state index is 13.8. The van der Waals surface area contributed by atoms with Gasteiger partial charge in [0.25, 0.3) is 0 Å². The predicted octanol–water partition coefficient (Wildman–Crippen LogP) is 10.4. The number of pyridine rings is 1. The average molecular weight is 732 g/mol. The zero-order valence-corrected chi connectivity index (χ0v) is 30.9. The van der Waals surface area contributed by atoms with Crippen LogP contribution in [0.25, 0.3) is 16.8 Å². The van der Waals surface area contributed by atoms with Crippen molar-refractivity contribution < 1.29 is 4.79 Å². The molecule has 7 nitrogen and oxygen atoms in total. The van der Waals surface area contributed by atoms with Gasteiger partial charge in [-0.3, -0.25) is 9.78 Å². The lowest BCUT2D eigenvalue weighted by Gasteiger charge is -2.28. The number of amides is 1. The van der Waals surface area contributed by atoms with Crippen molar-refractivity contribution in [1.29, 1.82) is 0 Å². The maximum Gasteiger partial charge on any atom is 0.233 e. The molecule has 9 heteroatoms. The minimum absolute atomic E-state index is 0.126. The monoisotopic (exact) mass is 730 g/mol. The second-order valence-corrected chi connectivity index (χ2v) is 13.8. The molecule has 1 aliphatic rings. The summed E-state index contributed by atoms with van der Waals surface area (Å²) in [5.74, 6) is 0.511. The Balaban J connectivity index is 1.39. The number of hydrogen-bond acceptors (Lipinski definition) is 6. The quantitative estimate of drug-likeness (QED) is 0.0798. The van der Waals surface area contributed by atoms with E-state index in [1.54, 1.807) is 24.7 Å². The van der Waals surface area contributed by atoms with Crippen LogP contribution in [0.3, 0.4) is 0 Å². The summed E-state index contributed by atoms with van der Waals surface area (Å²) in [5.41, 5.74) is 5.74. The molecule has 0 saturated carbocycles. The van der Waals surface area contributed by atoms with Crippen molar-refractivity contribution in [3.63, 3.8) is 0 Å². The second kappa shape index (κ2) is 18.1. The normalized spacial score (nSPS) is 16.5. The Morgan fingerprint density at radius 1 is 1.17 bits per heavy atom. The molecule has 4 rings (SSSR count). The number of allylic oxidation sites excluding steroid dienone is 6. The molecule has 1 amide bonds. The van der Waals surface area contributed by atoms with Crippen LogP contribution >= 0.6 is 27.5 Å². The van der Waals surface area contributed by atoms with Crippen LogP contribution in [0.1, 0.15) is 70.8 Å². The fourth-order valence-electron chi connectivity index (χ4n) is 5.87. The number of nitrogens with zero attached hydrogens (tertiary/aromatic N) is 5. The topological polar surface area (TPSA) is 74.2 Å². The molecule has 1 aliphatic heterocycles. The summed E-state index contributed by atoms with van der Waals surface area (Å²) in [6.07, 6.45) is 21.5. The number of benzene rings is 1. The third-order valence-electron chi connectivity index (χ3n) is 9.01. The number of carbonyl (C=O) groups excluding carboxylic acids is 1. The van der Waals surface area contributed by atoms with E-state index in [2.05, 4.69) is 69.3 Å². The van der Waals surface area contributed by atoms with Crippen LogP contribution in [0.4, 0.5) is 17.3 Å². The fourth-order valence-corrected chi connectivity index (χ4v) is 6.46. The summed E-state index contributed by atoms with van der Waals surface area (Å²) in [4.78, 5) is 31.4. The molecule has 0 radical (unpaired) electrons. The van der Waals surface area contributed by atoms with E-state index >= 15 is 0 Å². The van der Waals surface area contributed by atoms with Crippen molar-refractivity contribution in [3.05, 3.63) is 103 Å². The van der Waals surface area contributed by atoms with Crippen LogP contribution < -0.4 is 10.2 Å². The number of nitrogens with one attached hydrogen (secondary N) is 1. The van der Waals surface area contributed by atoms with Gasteiger partial charge in [-0.1, -0.05) is 109 Å². The van der Waals surface area contributed by atoms with Gasteiger partial charge in [-0.25, -0.2) is 9.97 Å². The van der Waals surface area contributed by atoms with Gasteiger partial charge in [0, 0.05) is 36.7 Å². The Morgan fingerprint density at radius 3 is 2.73 bits per heavy atom. The molecule has 1 fully saturated rings. The standard InChI is InChI=1S/C39H48BrClN6O/c1-6-8-16-30(7-2)31-17-14-18-32(24-31)36-35(41)28-43-38(45-36)44-33-25-34(27-42-26-33)47-23-20-39(4,37(47)48)19-22-46(5)29(3)15-12-10-9-11-13-21-40/h6-8,14,16-18,24-28H,1,3,9-13,15,19-23H2,2,4-5H3,(H,43,44,45)/b16-8-,30-7+. The van der Waals surface area contributed by atoms with E-state index in [0.717, 1.165) is 65.6 Å². The highest BCUT2D eigenvalue weighted by Gasteiger charge is 2.43. The maximum absolute atomic E-state index is 13.8. The lowest BCUT2D eigenvalue weighted by atomic mass is 9.85. The van der Waals surface area contributed by atoms with E-state index in [1.165, 1.54) is 25.7 Å². The van der Waals surface area contributed by atoms with E-state index in [-0.39, 0.29) is 5.91 Å². The van der Waals surface area contributed by atoms with Gasteiger partial charge >= 0.3 is 0 Å². The van der Waals surface area contributed by atoms with Crippen molar-refractivity contribution in [3.8, 4) is 11.3 Å². The molecule has 1 N–H and O–H groups in total. The van der Waals surface area contributed by atoms with E-state index < -0.39 is 5.41 Å². The summed E-state index contributed by atoms with van der Waals surface area (Å²) < 4.78 is 0. The molecule has 2 aromatic heterocycles. The van der Waals surface area contributed by atoms with Crippen molar-refractivity contribution in [2.45, 2.75) is 65.2 Å². The second-order valence-electron chi connectivity index (χ2n) is 12.6. The first kappa shape index (κ1) is 37.1. The van der Waals surface area contributed by atoms with Gasteiger partial charge in [0.2, 0.25) is 11.9 Å². The van der Waals surface area contributed by atoms with Crippen molar-refractivity contribution in [2.75, 3.05) is 35.7 Å². The molecule has 1 saturated heterocycles. The molecule has 0 spiro atoms. The molecule has 48 heavy (non-hydrogen) atoms. The average Bonchev–Trinajstić information content (AvgIpc) is 3.40. The summed E-state index contributed by atoms with van der Waals surface area (Å²) in [5, 5.41) is 4.80. The zero-order valence-electron chi connectivity index (χ0n) is 28.5. The van der Waals surface area contributed by atoms with E-state index in [4.69, 9.17) is 16.6 Å². The highest BCUT2D eigenvalue weighted by molar-refractivity contribution is 9.09. The SMILES string of the molecule is C=C/C=C\C(=C/C)c1cccc(-c2nc(Nc3cncc(N4CCC(C)(CCN(C)C(=C)CCCCCCCBr)C4=O)c3)ncc2Cl)c1. The lowest BCUT2D eigenvalue weighted by molar-refractivity contribution is -0.125. The number of anilines is 3. The zero-order chi connectivity index (χ0) is 34.5. The van der Waals surface area contributed by atoms with Crippen LogP contribution in [0.5, 0.6) is 0 Å². The van der Waals surface area contributed by atoms with Crippen LogP contribution in [0, 0.1) is 5.41 Å². The number of alkyl halides is 1. The van der Waals surface area contributed by atoms with Crippen LogP contribution in [-0.2, 0) is 4.79 Å². The number of unbranched alkanes of at least 4 members (excludes halogenated alkanes) is 4. The highest BCUT2D eigenvalue weighted by Crippen LogP contribution is 2.38. The predicted molar refractivity (Wildman–Crippen MR) is 206 cm³/mol. The molecule has 0 aliphatic carbocycles. The number of halogens is 2. The van der Waals surface area contributed by atoms with Gasteiger partial charge in [-0.2, -0.15) is 0 Å². The summed E-state index contributed by atoms with van der Waals surface area (Å²) in [6.45, 7) is 13.6. The number of hydrogen-bond donors (Lipinski definition) is 1. The minimum atomic E-state index is -0.440. The first-order chi connectivity index (χ1) is 23.2. The smallest absolute Gasteiger partial charge is 0.233 e. The third-order valence-corrected chi connectivity index (χ3v) is 9.85. The summed E-state index contributed by atoms with van der Waals surface area (Å²) in [6, 6.07) is 9.99. The molecular formula is C39H48BrClN6O. The van der Waals surface area contributed by atoms with Gasteiger partial charge in [-0.05, 0) is 62.3 Å². The first-order valence-corrected chi connectivity index (χ1v) is 18.3. The Bertz CT molecular complexity index is 1640. The Hall–Kier alpha value is -3.75. The van der Waals surface area contributed by atoms with Crippen molar-refractivity contribution >= 4 is 56.3 Å². The third kappa shape index (κ3) is 9.89. The lowest BCUT2D eigenvalue weighted by Crippen LogP contribution is -2.35. The molecule has 3 aromatic rings. The molecule has 1 aromatic carbocycles. The van der Waals surface area contributed by atoms with Gasteiger partial charge in [0.05, 0.1) is 46.1 Å². The Labute approximate surface area is 300 Å². The van der Waals surface area contributed by atoms with Gasteiger partial charge < -0.3 is 15.1 Å². The van der Waals surface area contributed by atoms with E-state index in [0.29, 0.717) is 28.9 Å². The van der Waals surface area contributed by atoms with Gasteiger partial charge in [0.15, 0.2) is 0 Å². The number of aromatic nitrogens is 3. The first-order valence-electron chi connectivity index (χ1n) is 16.8. The van der Waals surface area contributed by atoms with Crippen LogP contribution in [-0.4, -0.2) is 51.2 Å². The van der Waals surface area contributed by atoms with Crippen LogP contribution in [0.15, 0.2) is 92.1 Å². The molecule has 3 heterocycles. The fraction of sp³-hybridized carbons (Fsp3) is 0.385. The van der Waals surface area contributed by atoms with E-state index in [9.17, 15) is 4.79 Å². The molecule has 254 valence electrons. The number of carbonyl (C=O) groups is 1. The largest absolute Gasteiger partial charge is 0.378 e. The Morgan fingerprint density at radius 2 is 1.96 bits per heavy atom. The summed E-state index contributed by atoms with van der Waals surface area (Å²) >= 11 is 10.1. The van der Waals surface area contributed by atoms with Gasteiger partial charge in [-0.15, -0.1) is 0 Å². The Kier molecular flexibility index (Phi) is 14.0. The molecule has 1 atom stereocenters. The minimum Gasteiger partial charge on any atom is -0.378 e. The highest BCUT2D eigenvalue weighted by atomic mass is 79.9. The van der Waals surface area contributed by atoms with Crippen LogP contribution in [0.2, 0.25) is 5.02 Å². The van der Waals surface area contributed by atoms with Crippen molar-refractivity contribution in [2.24, 2.45) is 5.41 Å². The van der Waals surface area contributed by atoms with Gasteiger partial charge in [0.1, 0.15) is 0 Å². The number of rotatable bonds is 18. The molecular weight excluding hydrogens is 684 g/mol. The summed E-state index contributed by atoms with van der Waals surface area (Å²) in [7, 11) is 2.09. The molecule has 1 unspecified atom stereocenters. The molecule has 0 bridgehead atoms. The van der Waals surface area contributed by atoms with E-state index in [1.807, 2.05) is 54.3 Å².